The highest BCUT2D eigenvalue weighted by Crippen LogP contribution is 2.28. The zero-order valence-corrected chi connectivity index (χ0v) is 22.6. The summed E-state index contributed by atoms with van der Waals surface area (Å²) in [6.07, 6.45) is 16.2. The molecule has 202 valence electrons. The summed E-state index contributed by atoms with van der Waals surface area (Å²) < 4.78 is 5.36. The molecule has 0 aliphatic heterocycles. The Kier molecular flexibility index (Phi) is 11.8. The summed E-state index contributed by atoms with van der Waals surface area (Å²) >= 11 is 0. The lowest BCUT2D eigenvalue weighted by molar-refractivity contribution is -0.148. The van der Waals surface area contributed by atoms with Gasteiger partial charge in [0.05, 0.1) is 12.5 Å². The molecule has 0 spiro atoms. The molecule has 2 aliphatic rings. The Morgan fingerprint density at radius 3 is 1.97 bits per heavy atom. The first kappa shape index (κ1) is 30.4. The fourth-order valence-corrected chi connectivity index (χ4v) is 4.18. The van der Waals surface area contributed by atoms with Crippen LogP contribution in [0.2, 0.25) is 0 Å². The third kappa shape index (κ3) is 9.21. The van der Waals surface area contributed by atoms with Gasteiger partial charge in [-0.1, -0.05) is 58.6 Å². The van der Waals surface area contributed by atoms with Crippen molar-refractivity contribution < 1.29 is 28.7 Å². The second-order valence-electron chi connectivity index (χ2n) is 10.1. The summed E-state index contributed by atoms with van der Waals surface area (Å²) in [6.45, 7) is 11.4. The predicted octanol–water partition coefficient (Wildman–Crippen LogP) is 4.34. The Morgan fingerprint density at radius 1 is 0.895 bits per heavy atom. The van der Waals surface area contributed by atoms with Gasteiger partial charge >= 0.3 is 5.97 Å². The van der Waals surface area contributed by atoms with Crippen LogP contribution in [0.1, 0.15) is 40.5 Å². The summed E-state index contributed by atoms with van der Waals surface area (Å²) in [7, 11) is 0. The van der Waals surface area contributed by atoms with Gasteiger partial charge in [0.2, 0.25) is 5.91 Å². The number of allylic oxidation sites excluding steroid dienone is 11. The maximum absolute atomic E-state index is 12.9. The van der Waals surface area contributed by atoms with Gasteiger partial charge in [-0.25, -0.2) is 0 Å². The maximum atomic E-state index is 12.9. The molecule has 0 saturated carbocycles. The summed E-state index contributed by atoms with van der Waals surface area (Å²) in [5.74, 6) is -2.12. The molecule has 0 bridgehead atoms. The molecule has 0 aromatic carbocycles. The van der Waals surface area contributed by atoms with Gasteiger partial charge in [0.1, 0.15) is 12.9 Å². The van der Waals surface area contributed by atoms with Gasteiger partial charge in [-0.05, 0) is 66.2 Å². The number of amides is 1. The number of hydrogen-bond donors (Lipinski definition) is 1. The molecule has 0 saturated heterocycles. The van der Waals surface area contributed by atoms with Crippen LogP contribution in [0.4, 0.5) is 0 Å². The third-order valence-electron chi connectivity index (χ3n) is 6.02. The first-order valence-electron chi connectivity index (χ1n) is 12.9. The van der Waals surface area contributed by atoms with Crippen molar-refractivity contribution in [2.75, 3.05) is 13.2 Å². The van der Waals surface area contributed by atoms with Gasteiger partial charge in [0, 0.05) is 17.1 Å². The van der Waals surface area contributed by atoms with Gasteiger partial charge in [-0.2, -0.15) is 0 Å². The highest BCUT2D eigenvalue weighted by atomic mass is 16.5. The molecule has 0 heterocycles. The van der Waals surface area contributed by atoms with Crippen molar-refractivity contribution in [1.82, 2.24) is 5.32 Å². The summed E-state index contributed by atoms with van der Waals surface area (Å²) in [4.78, 5) is 60.9. The summed E-state index contributed by atoms with van der Waals surface area (Å²) in [5.41, 5.74) is 2.27. The highest BCUT2D eigenvalue weighted by Gasteiger charge is 2.30. The molecule has 2 unspecified atom stereocenters. The van der Waals surface area contributed by atoms with Crippen molar-refractivity contribution in [3.63, 3.8) is 0 Å². The second-order valence-corrected chi connectivity index (χ2v) is 10.1. The van der Waals surface area contributed by atoms with Crippen molar-refractivity contribution in [3.8, 4) is 0 Å². The molecular weight excluding hydrogens is 482 g/mol. The van der Waals surface area contributed by atoms with Crippen molar-refractivity contribution in [3.05, 3.63) is 83.6 Å². The largest absolute Gasteiger partial charge is 0.463 e. The van der Waals surface area contributed by atoms with E-state index in [0.29, 0.717) is 29.6 Å². The van der Waals surface area contributed by atoms with E-state index >= 15 is 0 Å². The van der Waals surface area contributed by atoms with Crippen LogP contribution < -0.4 is 5.32 Å². The number of ketones is 2. The van der Waals surface area contributed by atoms with E-state index in [4.69, 9.17) is 4.74 Å². The molecule has 38 heavy (non-hydrogen) atoms. The number of aldehydes is 1. The minimum Gasteiger partial charge on any atom is -0.463 e. The van der Waals surface area contributed by atoms with Crippen LogP contribution in [0.3, 0.4) is 0 Å². The monoisotopic (exact) mass is 519 g/mol. The molecule has 0 radical (unpaired) electrons. The van der Waals surface area contributed by atoms with E-state index in [1.165, 1.54) is 12.2 Å². The smallest absolute Gasteiger partial charge is 0.313 e. The molecule has 7 heteroatoms. The molecule has 0 aromatic heterocycles. The number of esters is 1. The molecule has 1 amide bonds. The number of rotatable bonds is 13. The maximum Gasteiger partial charge on any atom is 0.313 e. The molecular formula is C31H37NO6. The Balaban J connectivity index is 2.27. The Labute approximate surface area is 224 Å². The van der Waals surface area contributed by atoms with Gasteiger partial charge < -0.3 is 14.8 Å². The lowest BCUT2D eigenvalue weighted by Gasteiger charge is -2.21. The molecule has 7 nitrogen and oxygen atoms in total. The lowest BCUT2D eigenvalue weighted by atomic mass is 9.84. The molecule has 2 rings (SSSR count). The summed E-state index contributed by atoms with van der Waals surface area (Å²) in [5, 5.41) is 2.54. The van der Waals surface area contributed by atoms with Crippen LogP contribution in [0.5, 0.6) is 0 Å². The number of carbonyl (C=O) groups is 5. The SMILES string of the molecule is C=CC(=O)NCCOC(=O)C(CC(C)C)C1=C/C(=C\C=C2\C=CC(=O)C(C(C=O)CC(C)C)=C2)C=CC1=O. The van der Waals surface area contributed by atoms with Crippen molar-refractivity contribution in [2.45, 2.75) is 40.5 Å². The highest BCUT2D eigenvalue weighted by molar-refractivity contribution is 6.09. The Bertz CT molecular complexity index is 1140. The van der Waals surface area contributed by atoms with Crippen molar-refractivity contribution in [1.29, 1.82) is 0 Å². The minimum absolute atomic E-state index is 0.0164. The van der Waals surface area contributed by atoms with E-state index in [1.54, 1.807) is 30.4 Å². The van der Waals surface area contributed by atoms with Crippen LogP contribution in [-0.4, -0.2) is 42.9 Å². The van der Waals surface area contributed by atoms with E-state index in [0.717, 1.165) is 17.9 Å². The van der Waals surface area contributed by atoms with Crippen LogP contribution in [0.25, 0.3) is 0 Å². The van der Waals surface area contributed by atoms with E-state index in [1.807, 2.05) is 33.8 Å². The van der Waals surface area contributed by atoms with Crippen molar-refractivity contribution >= 4 is 29.7 Å². The minimum atomic E-state index is -0.748. The van der Waals surface area contributed by atoms with Crippen LogP contribution in [-0.2, 0) is 28.7 Å². The van der Waals surface area contributed by atoms with E-state index in [9.17, 15) is 24.0 Å². The molecule has 2 aliphatic carbocycles. The first-order valence-corrected chi connectivity index (χ1v) is 12.9. The van der Waals surface area contributed by atoms with Crippen LogP contribution in [0, 0.1) is 23.7 Å². The molecule has 2 atom stereocenters. The topological polar surface area (TPSA) is 107 Å². The third-order valence-corrected chi connectivity index (χ3v) is 6.02. The van der Waals surface area contributed by atoms with E-state index < -0.39 is 17.8 Å². The standard InChI is InChI=1S/C31H37NO6/c1-6-30(36)32-13-14-38-31(37)27(16-21(4)5)26-18-23(10-12-29(26)35)8-7-22-9-11-28(34)25(17-22)24(19-33)15-20(2)3/h6-12,17-21,24,27H,1,13-16H2,2-5H3,(H,32,36)/b22-7-,23-8-. The zero-order valence-electron chi connectivity index (χ0n) is 22.6. The number of hydrogen-bond acceptors (Lipinski definition) is 6. The molecule has 1 N–H and O–H groups in total. The Hall–Kier alpha value is -3.87. The fraction of sp³-hybridized carbons (Fsp3) is 0.387. The summed E-state index contributed by atoms with van der Waals surface area (Å²) in [6, 6.07) is 0. The van der Waals surface area contributed by atoms with Crippen LogP contribution >= 0.6 is 0 Å². The van der Waals surface area contributed by atoms with Crippen molar-refractivity contribution in [2.24, 2.45) is 23.7 Å². The second kappa shape index (κ2) is 14.8. The average Bonchev–Trinajstić information content (AvgIpc) is 2.88. The van der Waals surface area contributed by atoms with Gasteiger partial charge in [0.25, 0.3) is 0 Å². The van der Waals surface area contributed by atoms with E-state index in [2.05, 4.69) is 11.9 Å². The van der Waals surface area contributed by atoms with Gasteiger partial charge in [-0.3, -0.25) is 19.2 Å². The molecule has 0 aromatic rings. The number of ether oxygens (including phenoxy) is 1. The van der Waals surface area contributed by atoms with Gasteiger partial charge in [-0.15, -0.1) is 0 Å². The van der Waals surface area contributed by atoms with Crippen LogP contribution in [0.15, 0.2) is 83.6 Å². The zero-order chi connectivity index (χ0) is 28.2. The molecule has 0 fully saturated rings. The predicted molar refractivity (Wildman–Crippen MR) is 147 cm³/mol. The number of nitrogens with one attached hydrogen (secondary N) is 1. The normalized spacial score (nSPS) is 18.9. The fourth-order valence-electron chi connectivity index (χ4n) is 4.18. The lowest BCUT2D eigenvalue weighted by Crippen LogP contribution is -2.30. The van der Waals surface area contributed by atoms with E-state index in [-0.39, 0.29) is 42.5 Å². The van der Waals surface area contributed by atoms with Gasteiger partial charge in [0.15, 0.2) is 11.6 Å². The first-order chi connectivity index (χ1) is 18.0. The Morgan fingerprint density at radius 2 is 1.45 bits per heavy atom. The quantitative estimate of drug-likeness (QED) is 0.168. The number of carbonyl (C=O) groups excluding carboxylic acids is 5. The average molecular weight is 520 g/mol.